The minimum absolute atomic E-state index is 0.0950. The van der Waals surface area contributed by atoms with Gasteiger partial charge in [0.1, 0.15) is 6.04 Å². The summed E-state index contributed by atoms with van der Waals surface area (Å²) < 4.78 is 33.0. The van der Waals surface area contributed by atoms with Gasteiger partial charge in [-0.25, -0.2) is 0 Å². The van der Waals surface area contributed by atoms with Crippen molar-refractivity contribution >= 4 is 27.9 Å². The molecule has 0 bridgehead atoms. The minimum Gasteiger partial charge on any atom is -0.465 e. The van der Waals surface area contributed by atoms with Crippen molar-refractivity contribution in [1.29, 1.82) is 0 Å². The number of nitrogens with zero attached hydrogens (tertiary/aromatic N) is 1. The van der Waals surface area contributed by atoms with Crippen LogP contribution in [0.3, 0.4) is 0 Å². The largest absolute Gasteiger partial charge is 0.465 e. The third kappa shape index (κ3) is 5.41. The number of carbonyl (C=O) groups excluding carboxylic acids is 1. The first-order valence-corrected chi connectivity index (χ1v) is 9.71. The van der Waals surface area contributed by atoms with Gasteiger partial charge >= 0.3 is 5.97 Å². The van der Waals surface area contributed by atoms with Crippen molar-refractivity contribution in [3.8, 4) is 0 Å². The topological polar surface area (TPSA) is 95.9 Å². The maximum Gasteiger partial charge on any atom is 0.324 e. The van der Waals surface area contributed by atoms with E-state index in [1.807, 2.05) is 6.26 Å². The molecule has 1 fully saturated rings. The minimum atomic E-state index is -3.81. The van der Waals surface area contributed by atoms with Gasteiger partial charge < -0.3 is 9.84 Å². The molecule has 0 aromatic heterocycles. The standard InChI is InChI=1S/C12H24N2O5S2/c1-4-19-11(15)10-6-5-7-14(10)21(17,18)13-8-12(2,16)9-20-3/h10,13,16H,4-9H2,1-3H3. The fourth-order valence-corrected chi connectivity index (χ4v) is 4.47. The van der Waals surface area contributed by atoms with Crippen LogP contribution in [0.4, 0.5) is 0 Å². The average Bonchev–Trinajstić information content (AvgIpc) is 2.87. The van der Waals surface area contributed by atoms with Gasteiger partial charge in [-0.05, 0) is 32.9 Å². The van der Waals surface area contributed by atoms with Gasteiger partial charge in [0, 0.05) is 18.8 Å². The van der Waals surface area contributed by atoms with Gasteiger partial charge in [-0.15, -0.1) is 0 Å². The first kappa shape index (κ1) is 18.7. The van der Waals surface area contributed by atoms with Gasteiger partial charge in [0.05, 0.1) is 12.2 Å². The molecule has 1 rings (SSSR count). The van der Waals surface area contributed by atoms with Crippen LogP contribution in [0.25, 0.3) is 0 Å². The number of hydrogen-bond acceptors (Lipinski definition) is 6. The Bertz CT molecular complexity index is 453. The second-order valence-electron chi connectivity index (χ2n) is 5.28. The molecule has 1 aliphatic heterocycles. The van der Waals surface area contributed by atoms with E-state index in [1.165, 1.54) is 11.8 Å². The predicted molar refractivity (Wildman–Crippen MR) is 82.3 cm³/mol. The van der Waals surface area contributed by atoms with Crippen molar-refractivity contribution in [2.24, 2.45) is 0 Å². The lowest BCUT2D eigenvalue weighted by Gasteiger charge is -2.26. The molecule has 1 aliphatic rings. The third-order valence-electron chi connectivity index (χ3n) is 3.16. The Hall–Kier alpha value is -0.350. The Kier molecular flexibility index (Phi) is 6.92. The van der Waals surface area contributed by atoms with E-state index in [4.69, 9.17) is 4.74 Å². The molecule has 0 radical (unpaired) electrons. The zero-order valence-electron chi connectivity index (χ0n) is 12.7. The first-order chi connectivity index (χ1) is 9.73. The van der Waals surface area contributed by atoms with Crippen molar-refractivity contribution in [1.82, 2.24) is 9.03 Å². The van der Waals surface area contributed by atoms with Gasteiger partial charge in [-0.3, -0.25) is 4.79 Å². The maximum absolute atomic E-state index is 12.3. The smallest absolute Gasteiger partial charge is 0.324 e. The van der Waals surface area contributed by atoms with E-state index in [-0.39, 0.29) is 19.7 Å². The molecule has 2 atom stereocenters. The summed E-state index contributed by atoms with van der Waals surface area (Å²) in [6.07, 6.45) is 2.91. The highest BCUT2D eigenvalue weighted by Crippen LogP contribution is 2.22. The molecule has 0 amide bonds. The highest BCUT2D eigenvalue weighted by atomic mass is 32.2. The number of esters is 1. The van der Waals surface area contributed by atoms with Gasteiger partial charge in [-0.1, -0.05) is 0 Å². The molecule has 0 saturated carbocycles. The Morgan fingerprint density at radius 1 is 1.57 bits per heavy atom. The number of ether oxygens (including phenoxy) is 1. The molecule has 21 heavy (non-hydrogen) atoms. The molecule has 0 aromatic carbocycles. The Balaban J connectivity index is 2.70. The molecular weight excluding hydrogens is 316 g/mol. The summed E-state index contributed by atoms with van der Waals surface area (Å²) in [5.74, 6) is -0.104. The second kappa shape index (κ2) is 7.77. The summed E-state index contributed by atoms with van der Waals surface area (Å²) in [5.41, 5.74) is -1.13. The van der Waals surface area contributed by atoms with Crippen molar-refractivity contribution < 1.29 is 23.1 Å². The molecule has 1 heterocycles. The number of hydrogen-bond donors (Lipinski definition) is 2. The van der Waals surface area contributed by atoms with Crippen LogP contribution in [0.2, 0.25) is 0 Å². The molecule has 1 saturated heterocycles. The molecule has 9 heteroatoms. The van der Waals surface area contributed by atoms with E-state index in [2.05, 4.69) is 4.72 Å². The molecular formula is C12H24N2O5S2. The fourth-order valence-electron chi connectivity index (χ4n) is 2.19. The van der Waals surface area contributed by atoms with Crippen molar-refractivity contribution in [2.45, 2.75) is 38.3 Å². The van der Waals surface area contributed by atoms with Crippen LogP contribution < -0.4 is 4.72 Å². The van der Waals surface area contributed by atoms with Gasteiger partial charge in [0.15, 0.2) is 0 Å². The predicted octanol–water partition coefficient (Wildman–Crippen LogP) is -0.0377. The van der Waals surface area contributed by atoms with Crippen molar-refractivity contribution in [3.05, 3.63) is 0 Å². The number of thioether (sulfide) groups is 1. The Morgan fingerprint density at radius 3 is 2.81 bits per heavy atom. The normalized spacial score (nSPS) is 23.0. The number of rotatable bonds is 8. The Morgan fingerprint density at radius 2 is 2.24 bits per heavy atom. The van der Waals surface area contributed by atoms with E-state index < -0.39 is 27.8 Å². The molecule has 124 valence electrons. The first-order valence-electron chi connectivity index (χ1n) is 6.88. The molecule has 0 aliphatic carbocycles. The van der Waals surface area contributed by atoms with E-state index in [1.54, 1.807) is 13.8 Å². The van der Waals surface area contributed by atoms with Crippen LogP contribution in [-0.4, -0.2) is 67.1 Å². The van der Waals surface area contributed by atoms with E-state index >= 15 is 0 Å². The lowest BCUT2D eigenvalue weighted by atomic mass is 10.1. The van der Waals surface area contributed by atoms with Crippen molar-refractivity contribution in [3.63, 3.8) is 0 Å². The molecule has 0 spiro atoms. The lowest BCUT2D eigenvalue weighted by molar-refractivity contribution is -0.146. The summed E-state index contributed by atoms with van der Waals surface area (Å²) in [4.78, 5) is 11.8. The van der Waals surface area contributed by atoms with Gasteiger partial charge in [0.25, 0.3) is 10.2 Å². The number of aliphatic hydroxyl groups is 1. The van der Waals surface area contributed by atoms with Crippen LogP contribution in [0.15, 0.2) is 0 Å². The van der Waals surface area contributed by atoms with Crippen LogP contribution >= 0.6 is 11.8 Å². The SMILES string of the molecule is CCOC(=O)C1CCCN1S(=O)(=O)NCC(C)(O)CSC. The number of nitrogens with one attached hydrogen (secondary N) is 1. The van der Waals surface area contributed by atoms with E-state index in [9.17, 15) is 18.3 Å². The zero-order chi connectivity index (χ0) is 16.1. The van der Waals surface area contributed by atoms with Crippen LogP contribution in [0, 0.1) is 0 Å². The van der Waals surface area contributed by atoms with Crippen LogP contribution in [0.1, 0.15) is 26.7 Å². The van der Waals surface area contributed by atoms with Crippen LogP contribution in [0.5, 0.6) is 0 Å². The van der Waals surface area contributed by atoms with Crippen molar-refractivity contribution in [2.75, 3.05) is 31.7 Å². The highest BCUT2D eigenvalue weighted by Gasteiger charge is 2.40. The quantitative estimate of drug-likeness (QED) is 0.602. The summed E-state index contributed by atoms with van der Waals surface area (Å²) in [6, 6.07) is -0.770. The summed E-state index contributed by atoms with van der Waals surface area (Å²) in [6.45, 7) is 3.66. The van der Waals surface area contributed by atoms with Crippen LogP contribution in [-0.2, 0) is 19.7 Å². The Labute approximate surface area is 130 Å². The maximum atomic E-state index is 12.3. The zero-order valence-corrected chi connectivity index (χ0v) is 14.3. The van der Waals surface area contributed by atoms with E-state index in [0.29, 0.717) is 18.6 Å². The summed E-state index contributed by atoms with van der Waals surface area (Å²) >= 11 is 1.43. The van der Waals surface area contributed by atoms with Gasteiger partial charge in [0.2, 0.25) is 0 Å². The monoisotopic (exact) mass is 340 g/mol. The molecule has 0 aromatic rings. The van der Waals surface area contributed by atoms with E-state index in [0.717, 1.165) is 4.31 Å². The molecule has 2 unspecified atom stereocenters. The second-order valence-corrected chi connectivity index (χ2v) is 7.85. The fraction of sp³-hybridized carbons (Fsp3) is 0.917. The number of carbonyl (C=O) groups is 1. The summed E-state index contributed by atoms with van der Waals surface area (Å²) in [7, 11) is -3.81. The average molecular weight is 340 g/mol. The lowest BCUT2D eigenvalue weighted by Crippen LogP contribution is -2.51. The summed E-state index contributed by atoms with van der Waals surface area (Å²) in [5, 5.41) is 10.0. The third-order valence-corrected chi connectivity index (χ3v) is 5.64. The highest BCUT2D eigenvalue weighted by molar-refractivity contribution is 7.98. The van der Waals surface area contributed by atoms with Gasteiger partial charge in [-0.2, -0.15) is 29.2 Å². The molecule has 2 N–H and O–H groups in total. The molecule has 7 nitrogen and oxygen atoms in total.